The highest BCUT2D eigenvalue weighted by Gasteiger charge is 2.21. The Hall–Kier alpha value is -1.04. The molecule has 0 heterocycles. The van der Waals surface area contributed by atoms with E-state index in [1.165, 1.54) is 11.1 Å². The largest absolute Gasteiger partial charge is 0.0748 e. The number of allylic oxidation sites excluding steroid dienone is 2. The van der Waals surface area contributed by atoms with Gasteiger partial charge in [0.2, 0.25) is 0 Å². The molecular formula is C16H24. The van der Waals surface area contributed by atoms with Crippen molar-refractivity contribution in [3.63, 3.8) is 0 Å². The fraction of sp³-hybridized carbons (Fsp3) is 0.500. The lowest BCUT2D eigenvalue weighted by Crippen LogP contribution is -2.12. The molecule has 0 aromatic heterocycles. The van der Waals surface area contributed by atoms with E-state index in [-0.39, 0.29) is 10.8 Å². The van der Waals surface area contributed by atoms with Gasteiger partial charge in [0.15, 0.2) is 0 Å². The molecule has 88 valence electrons. The standard InChI is InChI=1S/C16H24/c1-15(2,3)12-14(16(4,5)6)13-10-8-7-9-11-13/h7-12H,1-6H3. The Balaban J connectivity index is 3.24. The molecule has 1 aromatic rings. The summed E-state index contributed by atoms with van der Waals surface area (Å²) in [4.78, 5) is 0. The smallest absolute Gasteiger partial charge is 0.0129 e. The van der Waals surface area contributed by atoms with Crippen molar-refractivity contribution in [2.24, 2.45) is 10.8 Å². The first-order valence-electron chi connectivity index (χ1n) is 5.99. The Kier molecular flexibility index (Phi) is 3.62. The molecule has 0 saturated carbocycles. The zero-order valence-electron chi connectivity index (χ0n) is 11.5. The molecule has 1 rings (SSSR count). The lowest BCUT2D eigenvalue weighted by atomic mass is 9.78. The van der Waals surface area contributed by atoms with Crippen molar-refractivity contribution < 1.29 is 0 Å². The van der Waals surface area contributed by atoms with Gasteiger partial charge < -0.3 is 0 Å². The minimum Gasteiger partial charge on any atom is -0.0748 e. The normalized spacial score (nSPS) is 14.0. The van der Waals surface area contributed by atoms with Crippen LogP contribution in [0.5, 0.6) is 0 Å². The monoisotopic (exact) mass is 216 g/mol. The number of benzene rings is 1. The molecule has 0 unspecified atom stereocenters. The lowest BCUT2D eigenvalue weighted by Gasteiger charge is -2.27. The first-order valence-corrected chi connectivity index (χ1v) is 5.99. The van der Waals surface area contributed by atoms with E-state index in [2.05, 4.69) is 78.0 Å². The molecule has 0 fully saturated rings. The van der Waals surface area contributed by atoms with E-state index in [0.29, 0.717) is 0 Å². The molecule has 0 aliphatic heterocycles. The van der Waals surface area contributed by atoms with E-state index < -0.39 is 0 Å². The highest BCUT2D eigenvalue weighted by atomic mass is 14.3. The van der Waals surface area contributed by atoms with Crippen molar-refractivity contribution in [2.45, 2.75) is 41.5 Å². The summed E-state index contributed by atoms with van der Waals surface area (Å²) in [6.07, 6.45) is 2.39. The van der Waals surface area contributed by atoms with Crippen molar-refractivity contribution in [1.82, 2.24) is 0 Å². The first-order chi connectivity index (χ1) is 7.20. The number of rotatable bonds is 1. The topological polar surface area (TPSA) is 0 Å². The zero-order chi connectivity index (χ0) is 12.4. The van der Waals surface area contributed by atoms with E-state index in [9.17, 15) is 0 Å². The first kappa shape index (κ1) is 13.0. The Labute approximate surface area is 100 Å². The molecular weight excluding hydrogens is 192 g/mol. The van der Waals surface area contributed by atoms with Gasteiger partial charge in [0.1, 0.15) is 0 Å². The van der Waals surface area contributed by atoms with Crippen molar-refractivity contribution in [1.29, 1.82) is 0 Å². The average molecular weight is 216 g/mol. The predicted octanol–water partition coefficient (Wildman–Crippen LogP) is 5.16. The molecule has 0 heteroatoms. The third kappa shape index (κ3) is 3.84. The van der Waals surface area contributed by atoms with Crippen LogP contribution in [0, 0.1) is 10.8 Å². The average Bonchev–Trinajstić information content (AvgIpc) is 2.13. The minimum atomic E-state index is 0.189. The van der Waals surface area contributed by atoms with Gasteiger partial charge in [-0.2, -0.15) is 0 Å². The molecule has 0 atom stereocenters. The Morgan fingerprint density at radius 1 is 0.875 bits per heavy atom. The molecule has 0 radical (unpaired) electrons. The van der Waals surface area contributed by atoms with Gasteiger partial charge in [0.25, 0.3) is 0 Å². The van der Waals surface area contributed by atoms with E-state index in [0.717, 1.165) is 0 Å². The van der Waals surface area contributed by atoms with Crippen LogP contribution in [0.1, 0.15) is 47.1 Å². The predicted molar refractivity (Wildman–Crippen MR) is 73.3 cm³/mol. The Morgan fingerprint density at radius 2 is 1.38 bits per heavy atom. The molecule has 1 aromatic carbocycles. The van der Waals surface area contributed by atoms with Crippen LogP contribution in [-0.2, 0) is 0 Å². The van der Waals surface area contributed by atoms with Crippen LogP contribution in [0.3, 0.4) is 0 Å². The summed E-state index contributed by atoms with van der Waals surface area (Å²) in [5, 5.41) is 0. The van der Waals surface area contributed by atoms with Crippen molar-refractivity contribution in [3.05, 3.63) is 42.0 Å². The van der Waals surface area contributed by atoms with Gasteiger partial charge in [-0.25, -0.2) is 0 Å². The molecule has 0 spiro atoms. The fourth-order valence-corrected chi connectivity index (χ4v) is 1.78. The molecule has 16 heavy (non-hydrogen) atoms. The molecule has 0 bridgehead atoms. The maximum atomic E-state index is 2.39. The van der Waals surface area contributed by atoms with Crippen molar-refractivity contribution in [2.75, 3.05) is 0 Å². The minimum absolute atomic E-state index is 0.189. The quantitative estimate of drug-likeness (QED) is 0.608. The highest BCUT2D eigenvalue weighted by molar-refractivity contribution is 5.69. The molecule has 0 amide bonds. The van der Waals surface area contributed by atoms with Gasteiger partial charge in [0.05, 0.1) is 0 Å². The van der Waals surface area contributed by atoms with Gasteiger partial charge in [-0.1, -0.05) is 78.0 Å². The zero-order valence-corrected chi connectivity index (χ0v) is 11.5. The second-order valence-corrected chi connectivity index (χ2v) is 6.54. The van der Waals surface area contributed by atoms with E-state index in [1.54, 1.807) is 0 Å². The molecule has 0 nitrogen and oxygen atoms in total. The maximum absolute atomic E-state index is 2.39. The summed E-state index contributed by atoms with van der Waals surface area (Å²) in [5.74, 6) is 0. The Morgan fingerprint density at radius 3 is 1.75 bits per heavy atom. The van der Waals surface area contributed by atoms with E-state index in [1.807, 2.05) is 0 Å². The van der Waals surface area contributed by atoms with Crippen LogP contribution in [0.2, 0.25) is 0 Å². The van der Waals surface area contributed by atoms with Gasteiger partial charge in [-0.05, 0) is 22.0 Å². The summed E-state index contributed by atoms with van der Waals surface area (Å²) in [6.45, 7) is 13.6. The third-order valence-corrected chi connectivity index (χ3v) is 2.47. The second-order valence-electron chi connectivity index (χ2n) is 6.54. The summed E-state index contributed by atoms with van der Waals surface area (Å²) >= 11 is 0. The SMILES string of the molecule is CC(C)(C)C=C(c1ccccc1)C(C)(C)C. The van der Waals surface area contributed by atoms with Gasteiger partial charge >= 0.3 is 0 Å². The molecule has 0 N–H and O–H groups in total. The fourth-order valence-electron chi connectivity index (χ4n) is 1.78. The van der Waals surface area contributed by atoms with Gasteiger partial charge in [-0.15, -0.1) is 0 Å². The lowest BCUT2D eigenvalue weighted by molar-refractivity contribution is 0.517. The second kappa shape index (κ2) is 4.45. The summed E-state index contributed by atoms with van der Waals surface area (Å²) in [7, 11) is 0. The number of hydrogen-bond donors (Lipinski definition) is 0. The summed E-state index contributed by atoms with van der Waals surface area (Å²) in [5.41, 5.74) is 3.18. The van der Waals surface area contributed by atoms with Crippen LogP contribution in [0.4, 0.5) is 0 Å². The van der Waals surface area contributed by atoms with Gasteiger partial charge in [-0.3, -0.25) is 0 Å². The summed E-state index contributed by atoms with van der Waals surface area (Å²) in [6, 6.07) is 10.7. The van der Waals surface area contributed by atoms with Crippen LogP contribution < -0.4 is 0 Å². The van der Waals surface area contributed by atoms with Crippen molar-refractivity contribution in [3.8, 4) is 0 Å². The third-order valence-electron chi connectivity index (χ3n) is 2.47. The van der Waals surface area contributed by atoms with Gasteiger partial charge in [0, 0.05) is 0 Å². The van der Waals surface area contributed by atoms with E-state index >= 15 is 0 Å². The molecule has 0 aliphatic carbocycles. The van der Waals surface area contributed by atoms with Crippen LogP contribution >= 0.6 is 0 Å². The van der Waals surface area contributed by atoms with E-state index in [4.69, 9.17) is 0 Å². The number of hydrogen-bond acceptors (Lipinski definition) is 0. The van der Waals surface area contributed by atoms with Crippen LogP contribution in [0.25, 0.3) is 5.57 Å². The molecule has 0 saturated heterocycles. The maximum Gasteiger partial charge on any atom is -0.0129 e. The highest BCUT2D eigenvalue weighted by Crippen LogP contribution is 2.37. The Bertz CT molecular complexity index is 355. The summed E-state index contributed by atoms with van der Waals surface area (Å²) < 4.78 is 0. The van der Waals surface area contributed by atoms with Crippen LogP contribution in [0.15, 0.2) is 36.4 Å². The molecule has 0 aliphatic rings. The van der Waals surface area contributed by atoms with Crippen LogP contribution in [-0.4, -0.2) is 0 Å². The van der Waals surface area contributed by atoms with Crippen molar-refractivity contribution >= 4 is 5.57 Å².